The number of nitrogens with two attached hydrogens (primary N) is 1. The molecule has 0 aliphatic rings. The van der Waals surface area contributed by atoms with Crippen molar-refractivity contribution in [3.05, 3.63) is 21.6 Å². The molecule has 0 atom stereocenters. The van der Waals surface area contributed by atoms with Crippen molar-refractivity contribution in [2.75, 3.05) is 5.43 Å². The molecule has 0 aromatic carbocycles. The van der Waals surface area contributed by atoms with Crippen LogP contribution >= 0.6 is 11.3 Å². The molecule has 0 aliphatic heterocycles. The highest BCUT2D eigenvalue weighted by molar-refractivity contribution is 7.09. The Morgan fingerprint density at radius 2 is 2.06 bits per heavy atom. The maximum Gasteiger partial charge on any atom is 0.181 e. The van der Waals surface area contributed by atoms with Gasteiger partial charge in [-0.1, -0.05) is 6.92 Å². The molecule has 3 N–H and O–H groups in total. The van der Waals surface area contributed by atoms with Crippen LogP contribution in [-0.2, 0) is 6.42 Å². The zero-order valence-electron chi connectivity index (χ0n) is 10.1. The maximum atomic E-state index is 5.49. The number of nitrogen functional groups attached to an aromatic ring is 1. The molecule has 0 bridgehead atoms. The quantitative estimate of drug-likeness (QED) is 0.643. The Labute approximate surface area is 104 Å². The van der Waals surface area contributed by atoms with Crippen molar-refractivity contribution in [3.63, 3.8) is 0 Å². The van der Waals surface area contributed by atoms with E-state index in [4.69, 9.17) is 5.84 Å². The van der Waals surface area contributed by atoms with Crippen LogP contribution in [0.1, 0.15) is 23.2 Å². The van der Waals surface area contributed by atoms with E-state index >= 15 is 0 Å². The average molecular weight is 249 g/mol. The van der Waals surface area contributed by atoms with Crippen LogP contribution in [0, 0.1) is 13.8 Å². The highest BCUT2D eigenvalue weighted by atomic mass is 32.1. The van der Waals surface area contributed by atoms with Crippen LogP contribution in [0.5, 0.6) is 0 Å². The Morgan fingerprint density at radius 1 is 1.29 bits per heavy atom. The number of hydrogen-bond donors (Lipinski definition) is 2. The number of aromatic nitrogens is 3. The Bertz CT molecular complexity index is 535. The molecule has 0 unspecified atom stereocenters. The van der Waals surface area contributed by atoms with Crippen molar-refractivity contribution >= 4 is 17.2 Å². The fourth-order valence-corrected chi connectivity index (χ4v) is 2.31. The van der Waals surface area contributed by atoms with Crippen molar-refractivity contribution in [2.24, 2.45) is 5.84 Å². The number of nitrogens with zero attached hydrogens (tertiary/aromatic N) is 3. The molecule has 17 heavy (non-hydrogen) atoms. The van der Waals surface area contributed by atoms with E-state index in [0.29, 0.717) is 11.6 Å². The van der Waals surface area contributed by atoms with Gasteiger partial charge in [-0.3, -0.25) is 0 Å². The van der Waals surface area contributed by atoms with Gasteiger partial charge in [-0.15, -0.1) is 11.3 Å². The lowest BCUT2D eigenvalue weighted by Crippen LogP contribution is -2.13. The van der Waals surface area contributed by atoms with Crippen molar-refractivity contribution in [1.82, 2.24) is 15.0 Å². The van der Waals surface area contributed by atoms with Gasteiger partial charge in [-0.05, 0) is 20.3 Å². The molecule has 0 saturated carbocycles. The number of aryl methyl sites for hydroxylation is 2. The minimum Gasteiger partial charge on any atom is -0.308 e. The number of nitrogens with one attached hydrogen (secondary N) is 1. The first-order valence-corrected chi connectivity index (χ1v) is 6.30. The van der Waals surface area contributed by atoms with Crippen molar-refractivity contribution < 1.29 is 0 Å². The lowest BCUT2D eigenvalue weighted by atomic mass is 10.1. The standard InChI is InChI=1S/C11H15N5S/c1-4-8-6(2)13-11(15-10(8)16-12)9-5-17-7(3)14-9/h5H,4,12H2,1-3H3,(H,13,15,16). The molecule has 2 heterocycles. The van der Waals surface area contributed by atoms with Crippen molar-refractivity contribution in [3.8, 4) is 11.5 Å². The second kappa shape index (κ2) is 4.77. The third-order valence-corrected chi connectivity index (χ3v) is 3.33. The number of thiazole rings is 1. The summed E-state index contributed by atoms with van der Waals surface area (Å²) in [6.45, 7) is 5.98. The van der Waals surface area contributed by atoms with E-state index in [9.17, 15) is 0 Å². The SMILES string of the molecule is CCc1c(C)nc(-c2csc(C)n2)nc1NN. The normalized spacial score (nSPS) is 10.6. The predicted molar refractivity (Wildman–Crippen MR) is 69.8 cm³/mol. The van der Waals surface area contributed by atoms with Gasteiger partial charge >= 0.3 is 0 Å². The number of hydrogen-bond acceptors (Lipinski definition) is 6. The van der Waals surface area contributed by atoms with Crippen molar-refractivity contribution in [1.29, 1.82) is 0 Å². The van der Waals surface area contributed by atoms with Crippen LogP contribution in [-0.4, -0.2) is 15.0 Å². The number of anilines is 1. The molecular formula is C11H15N5S. The third-order valence-electron chi connectivity index (χ3n) is 2.55. The molecule has 0 fully saturated rings. The highest BCUT2D eigenvalue weighted by Crippen LogP contribution is 2.23. The summed E-state index contributed by atoms with van der Waals surface area (Å²) in [6, 6.07) is 0. The summed E-state index contributed by atoms with van der Waals surface area (Å²) in [5.74, 6) is 6.79. The molecule has 2 aromatic rings. The molecule has 0 aliphatic carbocycles. The van der Waals surface area contributed by atoms with E-state index in [0.717, 1.165) is 28.4 Å². The first-order valence-electron chi connectivity index (χ1n) is 5.42. The van der Waals surface area contributed by atoms with Gasteiger partial charge in [-0.25, -0.2) is 20.8 Å². The van der Waals surface area contributed by atoms with E-state index in [1.165, 1.54) is 0 Å². The van der Waals surface area contributed by atoms with Crippen LogP contribution in [0.3, 0.4) is 0 Å². The van der Waals surface area contributed by atoms with Gasteiger partial charge in [0.15, 0.2) is 5.82 Å². The molecular weight excluding hydrogens is 234 g/mol. The third kappa shape index (κ3) is 2.27. The molecule has 5 nitrogen and oxygen atoms in total. The maximum absolute atomic E-state index is 5.49. The van der Waals surface area contributed by atoms with Crippen LogP contribution in [0.15, 0.2) is 5.38 Å². The lowest BCUT2D eigenvalue weighted by molar-refractivity contribution is 0.989. The Kier molecular flexibility index (Phi) is 3.35. The monoisotopic (exact) mass is 249 g/mol. The fraction of sp³-hybridized carbons (Fsp3) is 0.364. The first-order chi connectivity index (χ1) is 8.15. The lowest BCUT2D eigenvalue weighted by Gasteiger charge is -2.10. The predicted octanol–water partition coefficient (Wildman–Crippen LogP) is 2.06. The minimum atomic E-state index is 0.622. The second-order valence-electron chi connectivity index (χ2n) is 3.71. The topological polar surface area (TPSA) is 76.7 Å². The largest absolute Gasteiger partial charge is 0.308 e. The van der Waals surface area contributed by atoms with Crippen molar-refractivity contribution in [2.45, 2.75) is 27.2 Å². The summed E-state index contributed by atoms with van der Waals surface area (Å²) >= 11 is 1.59. The Morgan fingerprint density at radius 3 is 2.59 bits per heavy atom. The molecule has 90 valence electrons. The Balaban J connectivity index is 2.53. The van der Waals surface area contributed by atoms with E-state index in [1.54, 1.807) is 11.3 Å². The van der Waals surface area contributed by atoms with E-state index in [2.05, 4.69) is 27.3 Å². The molecule has 6 heteroatoms. The van der Waals surface area contributed by atoms with E-state index < -0.39 is 0 Å². The molecule has 2 rings (SSSR count). The molecule has 0 saturated heterocycles. The zero-order valence-corrected chi connectivity index (χ0v) is 10.9. The van der Waals surface area contributed by atoms with Gasteiger partial charge in [0.2, 0.25) is 0 Å². The average Bonchev–Trinajstić information content (AvgIpc) is 2.74. The molecule has 2 aromatic heterocycles. The molecule has 0 amide bonds. The molecule has 0 spiro atoms. The van der Waals surface area contributed by atoms with Crippen LogP contribution in [0.25, 0.3) is 11.5 Å². The van der Waals surface area contributed by atoms with Crippen LogP contribution in [0.4, 0.5) is 5.82 Å². The van der Waals surface area contributed by atoms with Gasteiger partial charge < -0.3 is 5.43 Å². The Hall–Kier alpha value is -1.53. The number of hydrazine groups is 1. The second-order valence-corrected chi connectivity index (χ2v) is 4.77. The van der Waals surface area contributed by atoms with Crippen LogP contribution in [0.2, 0.25) is 0 Å². The smallest absolute Gasteiger partial charge is 0.181 e. The summed E-state index contributed by atoms with van der Waals surface area (Å²) in [5.41, 5.74) is 5.41. The van der Waals surface area contributed by atoms with Gasteiger partial charge in [0.05, 0.1) is 5.01 Å². The van der Waals surface area contributed by atoms with Gasteiger partial charge in [0, 0.05) is 16.6 Å². The van der Waals surface area contributed by atoms with Gasteiger partial charge in [0.1, 0.15) is 11.5 Å². The van der Waals surface area contributed by atoms with Gasteiger partial charge in [-0.2, -0.15) is 0 Å². The van der Waals surface area contributed by atoms with Crippen LogP contribution < -0.4 is 11.3 Å². The summed E-state index contributed by atoms with van der Waals surface area (Å²) in [4.78, 5) is 13.3. The minimum absolute atomic E-state index is 0.622. The van der Waals surface area contributed by atoms with Gasteiger partial charge in [0.25, 0.3) is 0 Å². The summed E-state index contributed by atoms with van der Waals surface area (Å²) in [5, 5.41) is 2.96. The fourth-order valence-electron chi connectivity index (χ4n) is 1.72. The number of rotatable bonds is 3. The summed E-state index contributed by atoms with van der Waals surface area (Å²) in [6.07, 6.45) is 0.849. The first kappa shape index (κ1) is 11.9. The summed E-state index contributed by atoms with van der Waals surface area (Å²) in [7, 11) is 0. The highest BCUT2D eigenvalue weighted by Gasteiger charge is 2.12. The van der Waals surface area contributed by atoms with E-state index in [-0.39, 0.29) is 0 Å². The zero-order chi connectivity index (χ0) is 12.4. The molecule has 0 radical (unpaired) electrons. The summed E-state index contributed by atoms with van der Waals surface area (Å²) < 4.78 is 0. The van der Waals surface area contributed by atoms with E-state index in [1.807, 2.05) is 19.2 Å².